The maximum Gasteiger partial charge on any atom is 0.166 e. The van der Waals surface area contributed by atoms with Gasteiger partial charge in [0.25, 0.3) is 0 Å². The first-order chi connectivity index (χ1) is 19.5. The van der Waals surface area contributed by atoms with Gasteiger partial charge in [-0.1, -0.05) is 49.8 Å². The molecule has 0 aromatic heterocycles. The maximum atomic E-state index is 15.2. The van der Waals surface area contributed by atoms with E-state index in [0.717, 1.165) is 63.5 Å². The van der Waals surface area contributed by atoms with Gasteiger partial charge in [-0.3, -0.25) is 0 Å². The van der Waals surface area contributed by atoms with Gasteiger partial charge in [-0.05, 0) is 105 Å². The van der Waals surface area contributed by atoms with Crippen LogP contribution in [-0.4, -0.2) is 13.2 Å². The van der Waals surface area contributed by atoms with Crippen LogP contribution in [0.3, 0.4) is 0 Å². The molecule has 0 spiro atoms. The molecule has 1 aliphatic rings. The van der Waals surface area contributed by atoms with Crippen molar-refractivity contribution in [2.45, 2.75) is 77.0 Å². The molecular formula is C35H41F3O2. The summed E-state index contributed by atoms with van der Waals surface area (Å²) in [5.74, 6) is -0.0130. The third kappa shape index (κ3) is 7.93. The van der Waals surface area contributed by atoms with Crippen molar-refractivity contribution in [2.75, 3.05) is 13.2 Å². The van der Waals surface area contributed by atoms with Crippen molar-refractivity contribution in [3.8, 4) is 22.6 Å². The van der Waals surface area contributed by atoms with E-state index in [1.165, 1.54) is 6.07 Å². The van der Waals surface area contributed by atoms with Gasteiger partial charge >= 0.3 is 0 Å². The quantitative estimate of drug-likeness (QED) is 0.147. The lowest BCUT2D eigenvalue weighted by atomic mass is 9.76. The first-order valence-corrected chi connectivity index (χ1v) is 14.7. The zero-order valence-electron chi connectivity index (χ0n) is 23.6. The molecule has 1 fully saturated rings. The van der Waals surface area contributed by atoms with Crippen LogP contribution in [0.15, 0.2) is 67.3 Å². The fraction of sp³-hybridized carbons (Fsp3) is 0.429. The number of rotatable bonds is 14. The lowest BCUT2D eigenvalue weighted by Crippen LogP contribution is -2.16. The molecule has 0 unspecified atom stereocenters. The van der Waals surface area contributed by atoms with E-state index in [1.54, 1.807) is 36.4 Å². The summed E-state index contributed by atoms with van der Waals surface area (Å²) in [4.78, 5) is 0. The van der Waals surface area contributed by atoms with Gasteiger partial charge in [0.15, 0.2) is 11.6 Å². The predicted molar refractivity (Wildman–Crippen MR) is 157 cm³/mol. The van der Waals surface area contributed by atoms with Crippen LogP contribution in [0.25, 0.3) is 11.1 Å². The van der Waals surface area contributed by atoms with E-state index in [-0.39, 0.29) is 17.3 Å². The van der Waals surface area contributed by atoms with E-state index < -0.39 is 11.6 Å². The monoisotopic (exact) mass is 550 g/mol. The van der Waals surface area contributed by atoms with E-state index in [2.05, 4.69) is 13.5 Å². The summed E-state index contributed by atoms with van der Waals surface area (Å²) in [6.07, 6.45) is 10.6. The Morgan fingerprint density at radius 3 is 2.23 bits per heavy atom. The van der Waals surface area contributed by atoms with Crippen LogP contribution >= 0.6 is 0 Å². The van der Waals surface area contributed by atoms with Crippen molar-refractivity contribution in [3.63, 3.8) is 0 Å². The molecule has 3 aromatic carbocycles. The summed E-state index contributed by atoms with van der Waals surface area (Å²) >= 11 is 0. The Hall–Kier alpha value is -3.21. The highest BCUT2D eigenvalue weighted by Crippen LogP contribution is 2.40. The molecule has 1 saturated carbocycles. The van der Waals surface area contributed by atoms with Crippen LogP contribution in [0.2, 0.25) is 0 Å². The summed E-state index contributed by atoms with van der Waals surface area (Å²) in [7, 11) is 0. The third-order valence-corrected chi connectivity index (χ3v) is 8.00. The molecule has 0 saturated heterocycles. The Morgan fingerprint density at radius 2 is 1.52 bits per heavy atom. The Labute approximate surface area is 237 Å². The standard InChI is InChI=1S/C35H41F3O2/c1-3-5-7-23-40-30-19-16-28(33(36)24-30)13-10-25-8-11-26(12-9-25)31-20-21-32(35(38)34(31)37)27-14-17-29(18-15-27)39-22-6-4-2/h3,14-21,24-26H,1,4-13,22-23H2,2H3. The summed E-state index contributed by atoms with van der Waals surface area (Å²) in [6.45, 7) is 6.98. The molecule has 0 radical (unpaired) electrons. The Morgan fingerprint density at radius 1 is 0.825 bits per heavy atom. The molecule has 4 rings (SSSR count). The number of benzene rings is 3. The van der Waals surface area contributed by atoms with Crippen molar-refractivity contribution < 1.29 is 22.6 Å². The van der Waals surface area contributed by atoms with Crippen molar-refractivity contribution in [3.05, 3.63) is 95.8 Å². The average Bonchev–Trinajstić information content (AvgIpc) is 2.97. The first kappa shape index (κ1) is 29.8. The number of unbranched alkanes of at least 4 members (excludes halogenated alkanes) is 2. The number of hydrogen-bond donors (Lipinski definition) is 0. The molecule has 0 bridgehead atoms. The van der Waals surface area contributed by atoms with Crippen molar-refractivity contribution >= 4 is 0 Å². The first-order valence-electron chi connectivity index (χ1n) is 14.7. The van der Waals surface area contributed by atoms with E-state index in [1.807, 2.05) is 18.2 Å². The van der Waals surface area contributed by atoms with Gasteiger partial charge in [0.2, 0.25) is 0 Å². The largest absolute Gasteiger partial charge is 0.494 e. The normalized spacial score (nSPS) is 17.0. The summed E-state index contributed by atoms with van der Waals surface area (Å²) in [5.41, 5.74) is 2.07. The van der Waals surface area contributed by atoms with Gasteiger partial charge in [-0.2, -0.15) is 0 Å². The lowest BCUT2D eigenvalue weighted by Gasteiger charge is -2.29. The second kappa shape index (κ2) is 15.0. The minimum absolute atomic E-state index is 0.00315. The van der Waals surface area contributed by atoms with E-state index in [0.29, 0.717) is 48.0 Å². The van der Waals surface area contributed by atoms with Crippen LogP contribution in [-0.2, 0) is 6.42 Å². The molecular weight excluding hydrogens is 509 g/mol. The molecule has 40 heavy (non-hydrogen) atoms. The number of allylic oxidation sites excluding steroid dienone is 1. The van der Waals surface area contributed by atoms with Gasteiger partial charge in [0.05, 0.1) is 13.2 Å². The smallest absolute Gasteiger partial charge is 0.166 e. The molecule has 214 valence electrons. The van der Waals surface area contributed by atoms with Crippen molar-refractivity contribution in [1.29, 1.82) is 0 Å². The molecule has 5 heteroatoms. The molecule has 2 nitrogen and oxygen atoms in total. The highest BCUT2D eigenvalue weighted by molar-refractivity contribution is 5.65. The highest BCUT2D eigenvalue weighted by atomic mass is 19.2. The molecule has 1 aliphatic carbocycles. The van der Waals surface area contributed by atoms with Crippen molar-refractivity contribution in [2.24, 2.45) is 5.92 Å². The topological polar surface area (TPSA) is 18.5 Å². The predicted octanol–water partition coefficient (Wildman–Crippen LogP) is 10.2. The van der Waals surface area contributed by atoms with E-state index >= 15 is 8.78 Å². The number of halogens is 3. The molecule has 0 amide bonds. The fourth-order valence-electron chi connectivity index (χ4n) is 5.53. The molecule has 0 aliphatic heterocycles. The van der Waals surface area contributed by atoms with Crippen molar-refractivity contribution in [1.82, 2.24) is 0 Å². The Balaban J connectivity index is 1.29. The molecule has 0 N–H and O–H groups in total. The summed E-state index contributed by atoms with van der Waals surface area (Å²) in [5, 5.41) is 0. The number of ether oxygens (including phenoxy) is 2. The zero-order chi connectivity index (χ0) is 28.3. The minimum Gasteiger partial charge on any atom is -0.494 e. The SMILES string of the molecule is C=CCCCOc1ccc(CCC2CCC(c3ccc(-c4ccc(OCCCC)cc4)c(F)c3F)CC2)c(F)c1. The highest BCUT2D eigenvalue weighted by Gasteiger charge is 2.26. The molecule has 0 heterocycles. The second-order valence-electron chi connectivity index (χ2n) is 10.8. The van der Waals surface area contributed by atoms with Gasteiger partial charge in [0.1, 0.15) is 17.3 Å². The Kier molecular flexibility index (Phi) is 11.1. The summed E-state index contributed by atoms with van der Waals surface area (Å²) < 4.78 is 56.3. The number of aryl methyl sites for hydroxylation is 1. The zero-order valence-corrected chi connectivity index (χ0v) is 23.6. The van der Waals surface area contributed by atoms with E-state index in [4.69, 9.17) is 9.47 Å². The van der Waals surface area contributed by atoms with Crippen LogP contribution in [0.4, 0.5) is 13.2 Å². The van der Waals surface area contributed by atoms with Crippen LogP contribution < -0.4 is 9.47 Å². The second-order valence-corrected chi connectivity index (χ2v) is 10.8. The fourth-order valence-corrected chi connectivity index (χ4v) is 5.53. The van der Waals surface area contributed by atoms with Crippen LogP contribution in [0, 0.1) is 23.4 Å². The lowest BCUT2D eigenvalue weighted by molar-refractivity contribution is 0.303. The third-order valence-electron chi connectivity index (χ3n) is 8.00. The van der Waals surface area contributed by atoms with Crippen LogP contribution in [0.5, 0.6) is 11.5 Å². The van der Waals surface area contributed by atoms with Gasteiger partial charge in [0, 0.05) is 11.6 Å². The van der Waals surface area contributed by atoms with Gasteiger partial charge in [-0.15, -0.1) is 6.58 Å². The Bertz CT molecular complexity index is 1230. The van der Waals surface area contributed by atoms with Gasteiger partial charge in [-0.25, -0.2) is 13.2 Å². The van der Waals surface area contributed by atoms with Crippen LogP contribution in [0.1, 0.15) is 81.8 Å². The minimum atomic E-state index is -0.789. The molecule has 3 aromatic rings. The number of hydrogen-bond acceptors (Lipinski definition) is 2. The van der Waals surface area contributed by atoms with E-state index in [9.17, 15) is 4.39 Å². The van der Waals surface area contributed by atoms with Gasteiger partial charge < -0.3 is 9.47 Å². The average molecular weight is 551 g/mol. The molecule has 0 atom stereocenters. The summed E-state index contributed by atoms with van der Waals surface area (Å²) in [6, 6.07) is 15.7. The maximum absolute atomic E-state index is 15.2.